The van der Waals surface area contributed by atoms with Crippen LogP contribution in [0.15, 0.2) is 24.3 Å². The van der Waals surface area contributed by atoms with Crippen molar-refractivity contribution in [2.45, 2.75) is 53.0 Å². The Kier molecular flexibility index (Phi) is 8.90. The number of carbonyl (C=O) groups excluding carboxylic acids is 2. The van der Waals surface area contributed by atoms with Crippen LogP contribution in [0.5, 0.6) is 0 Å². The number of likely N-dealkylation sites (tertiary alicyclic amines) is 1. The summed E-state index contributed by atoms with van der Waals surface area (Å²) in [4.78, 5) is 34.5. The van der Waals surface area contributed by atoms with Gasteiger partial charge in [-0.05, 0) is 56.4 Å². The fourth-order valence-corrected chi connectivity index (χ4v) is 4.80. The van der Waals surface area contributed by atoms with E-state index in [0.717, 1.165) is 63.5 Å². The molecule has 1 aromatic rings. The number of anilines is 1. The van der Waals surface area contributed by atoms with E-state index >= 15 is 0 Å². The lowest BCUT2D eigenvalue weighted by Gasteiger charge is -2.29. The number of fused-ring (bicyclic) bond motifs is 1. The molecule has 0 saturated carbocycles. The van der Waals surface area contributed by atoms with Gasteiger partial charge in [-0.2, -0.15) is 0 Å². The Morgan fingerprint density at radius 2 is 1.61 bits per heavy atom. The highest BCUT2D eigenvalue weighted by molar-refractivity contribution is 5.92. The third-order valence-corrected chi connectivity index (χ3v) is 6.38. The lowest BCUT2D eigenvalue weighted by Crippen LogP contribution is -2.40. The van der Waals surface area contributed by atoms with Crippen molar-refractivity contribution in [2.24, 2.45) is 5.92 Å². The first-order chi connectivity index (χ1) is 14.9. The fraction of sp³-hybridized carbons (Fsp3) is 0.680. The maximum atomic E-state index is 13.3. The average Bonchev–Trinajstić information content (AvgIpc) is 3.24. The predicted molar refractivity (Wildman–Crippen MR) is 126 cm³/mol. The number of rotatable bonds is 5. The minimum Gasteiger partial charge on any atom is -0.337 e. The molecule has 0 aliphatic carbocycles. The third kappa shape index (κ3) is 7.04. The monoisotopic (exact) mass is 428 g/mol. The SMILES string of the molecule is CC(=O)N1CCCN(CC(C)C)CCN(C(=O)CCN2CCCC2)Cc2ccccc21. The van der Waals surface area contributed by atoms with E-state index < -0.39 is 0 Å². The molecular weight excluding hydrogens is 388 g/mol. The third-order valence-electron chi connectivity index (χ3n) is 6.38. The Hall–Kier alpha value is -1.92. The van der Waals surface area contributed by atoms with Crippen LogP contribution in [0.2, 0.25) is 0 Å². The van der Waals surface area contributed by atoms with E-state index in [2.05, 4.69) is 29.7 Å². The van der Waals surface area contributed by atoms with Crippen LogP contribution in [0.3, 0.4) is 0 Å². The summed E-state index contributed by atoms with van der Waals surface area (Å²) in [5, 5.41) is 0. The van der Waals surface area contributed by atoms with Crippen molar-refractivity contribution in [1.82, 2.24) is 14.7 Å². The number of hydrogen-bond acceptors (Lipinski definition) is 4. The highest BCUT2D eigenvalue weighted by atomic mass is 16.2. The summed E-state index contributed by atoms with van der Waals surface area (Å²) < 4.78 is 0. The molecular formula is C25H40N4O2. The van der Waals surface area contributed by atoms with Crippen LogP contribution in [-0.2, 0) is 16.1 Å². The zero-order valence-electron chi connectivity index (χ0n) is 19.7. The van der Waals surface area contributed by atoms with Gasteiger partial charge in [0.25, 0.3) is 0 Å². The zero-order valence-corrected chi connectivity index (χ0v) is 19.7. The van der Waals surface area contributed by atoms with Crippen LogP contribution in [-0.4, -0.2) is 78.9 Å². The summed E-state index contributed by atoms with van der Waals surface area (Å²) >= 11 is 0. The van der Waals surface area contributed by atoms with Crippen molar-refractivity contribution in [3.63, 3.8) is 0 Å². The summed E-state index contributed by atoms with van der Waals surface area (Å²) in [6, 6.07) is 8.08. The Balaban J connectivity index is 1.80. The summed E-state index contributed by atoms with van der Waals surface area (Å²) in [5.41, 5.74) is 2.01. The molecule has 0 radical (unpaired) electrons. The normalized spacial score (nSPS) is 19.4. The Bertz CT molecular complexity index is 730. The number of para-hydroxylation sites is 1. The van der Waals surface area contributed by atoms with Gasteiger partial charge in [0.2, 0.25) is 11.8 Å². The van der Waals surface area contributed by atoms with Gasteiger partial charge in [0.15, 0.2) is 0 Å². The quantitative estimate of drug-likeness (QED) is 0.723. The van der Waals surface area contributed by atoms with E-state index in [1.54, 1.807) is 6.92 Å². The van der Waals surface area contributed by atoms with E-state index in [1.807, 2.05) is 28.0 Å². The van der Waals surface area contributed by atoms with Crippen LogP contribution in [0.25, 0.3) is 0 Å². The molecule has 6 nitrogen and oxygen atoms in total. The van der Waals surface area contributed by atoms with Gasteiger partial charge in [-0.1, -0.05) is 32.0 Å². The van der Waals surface area contributed by atoms with Crippen LogP contribution in [0.1, 0.15) is 52.0 Å². The predicted octanol–water partition coefficient (Wildman–Crippen LogP) is 3.22. The minimum absolute atomic E-state index is 0.0639. The molecule has 3 rings (SSSR count). The van der Waals surface area contributed by atoms with Crippen LogP contribution < -0.4 is 4.90 Å². The van der Waals surface area contributed by atoms with Crippen molar-refractivity contribution in [1.29, 1.82) is 0 Å². The standard InChI is InChI=1S/C25H40N4O2/c1-21(2)19-27-14-8-15-29(22(3)30)24-10-5-4-9-23(24)20-28(18-17-27)25(31)11-16-26-12-6-7-13-26/h4-5,9-10,21H,6-8,11-20H2,1-3H3. The van der Waals surface area contributed by atoms with Crippen LogP contribution >= 0.6 is 0 Å². The van der Waals surface area contributed by atoms with Crippen molar-refractivity contribution in [3.05, 3.63) is 29.8 Å². The van der Waals surface area contributed by atoms with Gasteiger partial charge in [-0.3, -0.25) is 9.59 Å². The Morgan fingerprint density at radius 3 is 2.32 bits per heavy atom. The van der Waals surface area contributed by atoms with Crippen molar-refractivity contribution < 1.29 is 9.59 Å². The summed E-state index contributed by atoms with van der Waals surface area (Å²) in [5.74, 6) is 0.861. The first-order valence-electron chi connectivity index (χ1n) is 12.0. The van der Waals surface area contributed by atoms with E-state index in [9.17, 15) is 9.59 Å². The molecule has 0 unspecified atom stereocenters. The molecule has 2 aliphatic heterocycles. The topological polar surface area (TPSA) is 47.1 Å². The van der Waals surface area contributed by atoms with E-state index in [1.165, 1.54) is 12.8 Å². The average molecular weight is 429 g/mol. The van der Waals surface area contributed by atoms with Crippen LogP contribution in [0.4, 0.5) is 5.69 Å². The van der Waals surface area contributed by atoms with Gasteiger partial charge in [0, 0.05) is 58.3 Å². The molecule has 1 fully saturated rings. The molecule has 0 atom stereocenters. The highest BCUT2D eigenvalue weighted by Crippen LogP contribution is 2.24. The fourth-order valence-electron chi connectivity index (χ4n) is 4.80. The second-order valence-electron chi connectivity index (χ2n) is 9.46. The highest BCUT2D eigenvalue weighted by Gasteiger charge is 2.23. The van der Waals surface area contributed by atoms with Gasteiger partial charge in [0.05, 0.1) is 0 Å². The largest absolute Gasteiger partial charge is 0.337 e. The smallest absolute Gasteiger partial charge is 0.224 e. The van der Waals surface area contributed by atoms with Gasteiger partial charge in [0.1, 0.15) is 0 Å². The molecule has 0 bridgehead atoms. The molecule has 31 heavy (non-hydrogen) atoms. The first-order valence-corrected chi connectivity index (χ1v) is 12.0. The maximum Gasteiger partial charge on any atom is 0.224 e. The Morgan fingerprint density at radius 1 is 0.903 bits per heavy atom. The molecule has 0 N–H and O–H groups in total. The van der Waals surface area contributed by atoms with Crippen molar-refractivity contribution in [2.75, 3.05) is 57.3 Å². The first kappa shape index (κ1) is 23.7. The van der Waals surface area contributed by atoms with Gasteiger partial charge in [-0.15, -0.1) is 0 Å². The number of benzene rings is 1. The molecule has 2 heterocycles. The summed E-state index contributed by atoms with van der Waals surface area (Å²) in [6.07, 6.45) is 4.00. The van der Waals surface area contributed by atoms with E-state index in [-0.39, 0.29) is 11.8 Å². The van der Waals surface area contributed by atoms with Gasteiger partial charge >= 0.3 is 0 Å². The van der Waals surface area contributed by atoms with Gasteiger partial charge < -0.3 is 19.6 Å². The summed E-state index contributed by atoms with van der Waals surface area (Å²) in [6.45, 7) is 14.1. The molecule has 1 saturated heterocycles. The lowest BCUT2D eigenvalue weighted by atomic mass is 10.1. The van der Waals surface area contributed by atoms with Gasteiger partial charge in [-0.25, -0.2) is 0 Å². The number of carbonyl (C=O) groups is 2. The molecule has 6 heteroatoms. The van der Waals surface area contributed by atoms with Crippen molar-refractivity contribution >= 4 is 17.5 Å². The maximum absolute atomic E-state index is 13.3. The molecule has 172 valence electrons. The molecule has 0 aromatic heterocycles. The summed E-state index contributed by atoms with van der Waals surface area (Å²) in [7, 11) is 0. The molecule has 2 aliphatic rings. The second kappa shape index (κ2) is 11.6. The minimum atomic E-state index is 0.0639. The number of nitrogens with zero attached hydrogens (tertiary/aromatic N) is 4. The molecule has 0 spiro atoms. The van der Waals surface area contributed by atoms with E-state index in [0.29, 0.717) is 25.4 Å². The second-order valence-corrected chi connectivity index (χ2v) is 9.46. The van der Waals surface area contributed by atoms with Crippen LogP contribution in [0, 0.1) is 5.92 Å². The zero-order chi connectivity index (χ0) is 22.2. The molecule has 2 amide bonds. The van der Waals surface area contributed by atoms with E-state index in [4.69, 9.17) is 0 Å². The Labute approximate surface area is 188 Å². The molecule has 1 aromatic carbocycles. The van der Waals surface area contributed by atoms with Crippen molar-refractivity contribution in [3.8, 4) is 0 Å². The number of hydrogen-bond donors (Lipinski definition) is 0. The lowest BCUT2D eigenvalue weighted by molar-refractivity contribution is -0.132. The number of amides is 2.